The molecule has 0 aromatic heterocycles. The second-order valence-electron chi connectivity index (χ2n) is 5.65. The zero-order valence-electron chi connectivity index (χ0n) is 13.8. The fourth-order valence-electron chi connectivity index (χ4n) is 2.78. The number of methoxy groups -OCH3 is 1. The van der Waals surface area contributed by atoms with Crippen LogP contribution in [0.25, 0.3) is 0 Å². The number of carbonyl (C=O) groups excluding carboxylic acids is 2. The molecule has 0 spiro atoms. The molecule has 1 heterocycles. The molecular formula is C16H22N2O5S. The first-order valence-electron chi connectivity index (χ1n) is 7.78. The van der Waals surface area contributed by atoms with Crippen molar-refractivity contribution in [3.8, 4) is 5.75 Å². The van der Waals surface area contributed by atoms with Gasteiger partial charge in [-0.05, 0) is 31.5 Å². The Balaban J connectivity index is 1.94. The molecule has 1 aliphatic rings. The van der Waals surface area contributed by atoms with Gasteiger partial charge in [-0.15, -0.1) is 0 Å². The van der Waals surface area contributed by atoms with Crippen molar-refractivity contribution in [1.29, 1.82) is 0 Å². The Morgan fingerprint density at radius 1 is 1.38 bits per heavy atom. The number of sulfone groups is 1. The van der Waals surface area contributed by atoms with E-state index in [9.17, 15) is 18.0 Å². The van der Waals surface area contributed by atoms with Crippen LogP contribution in [-0.4, -0.2) is 62.9 Å². The first kappa shape index (κ1) is 18.3. The van der Waals surface area contributed by atoms with Crippen molar-refractivity contribution < 1.29 is 22.7 Å². The number of rotatable bonds is 6. The summed E-state index contributed by atoms with van der Waals surface area (Å²) in [7, 11) is -1.55. The highest BCUT2D eigenvalue weighted by Gasteiger charge is 2.33. The van der Waals surface area contributed by atoms with Crippen LogP contribution in [0.5, 0.6) is 5.75 Å². The molecule has 0 aliphatic carbocycles. The molecule has 0 saturated carbocycles. The summed E-state index contributed by atoms with van der Waals surface area (Å²) in [6.07, 6.45) is 0.450. The molecule has 1 saturated heterocycles. The van der Waals surface area contributed by atoms with Crippen molar-refractivity contribution in [2.75, 3.05) is 31.7 Å². The molecule has 0 bridgehead atoms. The number of amides is 2. The maximum Gasteiger partial charge on any atom is 0.251 e. The van der Waals surface area contributed by atoms with Crippen LogP contribution in [-0.2, 0) is 14.6 Å². The summed E-state index contributed by atoms with van der Waals surface area (Å²) in [4.78, 5) is 26.0. The molecule has 132 valence electrons. The molecule has 2 amide bonds. The average Bonchev–Trinajstić information content (AvgIpc) is 2.93. The third-order valence-electron chi connectivity index (χ3n) is 4.04. The molecule has 1 unspecified atom stereocenters. The Morgan fingerprint density at radius 2 is 2.12 bits per heavy atom. The standard InChI is InChI=1S/C16H22N2O5S/c1-3-18(13-7-8-24(21,22)11-13)15(19)10-17-16(20)12-5-4-6-14(9-12)23-2/h4-6,9,13H,3,7-8,10-11H2,1-2H3,(H,17,20). The molecule has 1 N–H and O–H groups in total. The Bertz CT molecular complexity index is 717. The fraction of sp³-hybridized carbons (Fsp3) is 0.500. The van der Waals surface area contributed by atoms with Crippen molar-refractivity contribution in [2.24, 2.45) is 0 Å². The van der Waals surface area contributed by atoms with Gasteiger partial charge in [-0.2, -0.15) is 0 Å². The summed E-state index contributed by atoms with van der Waals surface area (Å²) in [5.41, 5.74) is 0.397. The van der Waals surface area contributed by atoms with E-state index in [-0.39, 0.29) is 35.9 Å². The van der Waals surface area contributed by atoms with Gasteiger partial charge < -0.3 is 15.0 Å². The quantitative estimate of drug-likeness (QED) is 0.801. The van der Waals surface area contributed by atoms with Crippen molar-refractivity contribution in [2.45, 2.75) is 19.4 Å². The molecule has 1 atom stereocenters. The number of nitrogens with one attached hydrogen (secondary N) is 1. The first-order valence-corrected chi connectivity index (χ1v) is 9.60. The van der Waals surface area contributed by atoms with Gasteiger partial charge in [-0.25, -0.2) is 8.42 Å². The van der Waals surface area contributed by atoms with Gasteiger partial charge in [0.1, 0.15) is 5.75 Å². The van der Waals surface area contributed by atoms with Crippen LogP contribution in [0.2, 0.25) is 0 Å². The van der Waals surface area contributed by atoms with Crippen LogP contribution >= 0.6 is 0 Å². The normalized spacial score (nSPS) is 18.8. The number of likely N-dealkylation sites (N-methyl/N-ethyl adjacent to an activating group) is 1. The van der Waals surface area contributed by atoms with E-state index in [0.717, 1.165) is 0 Å². The van der Waals surface area contributed by atoms with Gasteiger partial charge in [-0.3, -0.25) is 9.59 Å². The van der Waals surface area contributed by atoms with Crippen LogP contribution in [0.4, 0.5) is 0 Å². The lowest BCUT2D eigenvalue weighted by Gasteiger charge is -2.27. The molecule has 2 rings (SSSR count). The Labute approximate surface area is 141 Å². The molecule has 0 radical (unpaired) electrons. The zero-order chi connectivity index (χ0) is 17.7. The fourth-order valence-corrected chi connectivity index (χ4v) is 4.51. The van der Waals surface area contributed by atoms with Gasteiger partial charge in [-0.1, -0.05) is 6.07 Å². The van der Waals surface area contributed by atoms with Gasteiger partial charge in [0.05, 0.1) is 25.2 Å². The summed E-state index contributed by atoms with van der Waals surface area (Å²) in [6, 6.07) is 6.32. The highest BCUT2D eigenvalue weighted by molar-refractivity contribution is 7.91. The predicted octanol–water partition coefficient (Wildman–Crippen LogP) is 0.461. The highest BCUT2D eigenvalue weighted by Crippen LogP contribution is 2.17. The van der Waals surface area contributed by atoms with Gasteiger partial charge in [0.2, 0.25) is 5.91 Å². The summed E-state index contributed by atoms with van der Waals surface area (Å²) in [5.74, 6) is 0.00196. The third-order valence-corrected chi connectivity index (χ3v) is 5.79. The largest absolute Gasteiger partial charge is 0.497 e. The lowest BCUT2D eigenvalue weighted by molar-refractivity contribution is -0.131. The van der Waals surface area contributed by atoms with Crippen molar-refractivity contribution in [3.05, 3.63) is 29.8 Å². The first-order chi connectivity index (χ1) is 11.4. The minimum atomic E-state index is -3.06. The van der Waals surface area contributed by atoms with Crippen molar-refractivity contribution in [3.63, 3.8) is 0 Å². The number of carbonyl (C=O) groups is 2. The number of hydrogen-bond donors (Lipinski definition) is 1. The summed E-state index contributed by atoms with van der Waals surface area (Å²) in [5, 5.41) is 2.57. The van der Waals surface area contributed by atoms with E-state index in [4.69, 9.17) is 4.74 Å². The Hall–Kier alpha value is -2.09. The van der Waals surface area contributed by atoms with Gasteiger partial charge in [0.25, 0.3) is 5.91 Å². The van der Waals surface area contributed by atoms with Crippen LogP contribution < -0.4 is 10.1 Å². The number of hydrogen-bond acceptors (Lipinski definition) is 5. The topological polar surface area (TPSA) is 92.8 Å². The van der Waals surface area contributed by atoms with Crippen LogP contribution in [0.3, 0.4) is 0 Å². The number of ether oxygens (including phenoxy) is 1. The van der Waals surface area contributed by atoms with E-state index in [2.05, 4.69) is 5.32 Å². The SMILES string of the molecule is CCN(C(=O)CNC(=O)c1cccc(OC)c1)C1CCS(=O)(=O)C1. The predicted molar refractivity (Wildman–Crippen MR) is 89.8 cm³/mol. The molecule has 1 fully saturated rings. The lowest BCUT2D eigenvalue weighted by Crippen LogP contribution is -2.46. The van der Waals surface area contributed by atoms with Crippen LogP contribution in [0.1, 0.15) is 23.7 Å². The summed E-state index contributed by atoms with van der Waals surface area (Å²) < 4.78 is 28.2. The molecule has 1 aromatic carbocycles. The second kappa shape index (κ2) is 7.65. The molecule has 24 heavy (non-hydrogen) atoms. The van der Waals surface area contributed by atoms with E-state index < -0.39 is 9.84 Å². The van der Waals surface area contributed by atoms with E-state index in [0.29, 0.717) is 24.3 Å². The number of benzene rings is 1. The zero-order valence-corrected chi connectivity index (χ0v) is 14.6. The highest BCUT2D eigenvalue weighted by atomic mass is 32.2. The maximum atomic E-state index is 12.3. The number of nitrogens with zero attached hydrogens (tertiary/aromatic N) is 1. The van der Waals surface area contributed by atoms with Crippen molar-refractivity contribution in [1.82, 2.24) is 10.2 Å². The van der Waals surface area contributed by atoms with E-state index >= 15 is 0 Å². The lowest BCUT2D eigenvalue weighted by atomic mass is 10.2. The van der Waals surface area contributed by atoms with E-state index in [1.54, 1.807) is 31.2 Å². The van der Waals surface area contributed by atoms with E-state index in [1.807, 2.05) is 0 Å². The Morgan fingerprint density at radius 3 is 2.71 bits per heavy atom. The van der Waals surface area contributed by atoms with E-state index in [1.165, 1.54) is 12.0 Å². The molecule has 1 aliphatic heterocycles. The van der Waals surface area contributed by atoms with Gasteiger partial charge >= 0.3 is 0 Å². The monoisotopic (exact) mass is 354 g/mol. The average molecular weight is 354 g/mol. The maximum absolute atomic E-state index is 12.3. The van der Waals surface area contributed by atoms with Gasteiger partial charge in [0.15, 0.2) is 9.84 Å². The smallest absolute Gasteiger partial charge is 0.251 e. The van der Waals surface area contributed by atoms with Gasteiger partial charge in [0, 0.05) is 18.2 Å². The third kappa shape index (κ3) is 4.47. The molecular weight excluding hydrogens is 332 g/mol. The summed E-state index contributed by atoms with van der Waals surface area (Å²) in [6.45, 7) is 2.04. The molecule has 7 nitrogen and oxygen atoms in total. The second-order valence-corrected chi connectivity index (χ2v) is 7.88. The molecule has 8 heteroatoms. The minimum absolute atomic E-state index is 0.00356. The van der Waals surface area contributed by atoms with Crippen molar-refractivity contribution >= 4 is 21.7 Å². The van der Waals surface area contributed by atoms with Crippen LogP contribution in [0, 0.1) is 0 Å². The van der Waals surface area contributed by atoms with Crippen LogP contribution in [0.15, 0.2) is 24.3 Å². The Kier molecular flexibility index (Phi) is 5.82. The minimum Gasteiger partial charge on any atom is -0.497 e. The summed E-state index contributed by atoms with van der Waals surface area (Å²) >= 11 is 0. The molecule has 1 aromatic rings.